The normalized spacial score (nSPS) is 13.2. The Balaban J connectivity index is 2.23. The lowest BCUT2D eigenvalue weighted by Gasteiger charge is -2.08. The average Bonchev–Trinajstić information content (AvgIpc) is 2.67. The van der Waals surface area contributed by atoms with Crippen LogP contribution in [0, 0.1) is 0 Å². The maximum atomic E-state index is 9.74. The van der Waals surface area contributed by atoms with E-state index in [-0.39, 0.29) is 6.10 Å². The molecule has 15 heavy (non-hydrogen) atoms. The smallest absolute Gasteiger partial charge is 0.116 e. The summed E-state index contributed by atoms with van der Waals surface area (Å²) < 4.78 is 1.10. The van der Waals surface area contributed by atoms with Gasteiger partial charge in [-0.05, 0) is 17.9 Å². The third-order valence-electron chi connectivity index (χ3n) is 2.37. The number of aliphatic hydroxyl groups excluding tert-OH is 1. The summed E-state index contributed by atoms with van der Waals surface area (Å²) in [5.74, 6) is 0. The number of rotatable bonds is 4. The van der Waals surface area contributed by atoms with Crippen molar-refractivity contribution >= 4 is 21.6 Å². The van der Waals surface area contributed by atoms with Crippen molar-refractivity contribution < 1.29 is 5.11 Å². The van der Waals surface area contributed by atoms with Gasteiger partial charge in [0.05, 0.1) is 22.0 Å². The summed E-state index contributed by atoms with van der Waals surface area (Å²) in [5.41, 5.74) is 1.95. The van der Waals surface area contributed by atoms with E-state index in [4.69, 9.17) is 0 Å². The fraction of sp³-hybridized carbons (Fsp3) is 0.455. The van der Waals surface area contributed by atoms with Crippen molar-refractivity contribution in [2.45, 2.75) is 32.3 Å². The van der Waals surface area contributed by atoms with Gasteiger partial charge in [-0.25, -0.2) is 9.97 Å². The SMILES string of the molecule is CCCC(O)Cc1ncnc2ccsc12. The largest absolute Gasteiger partial charge is 0.393 e. The molecule has 2 rings (SSSR count). The second kappa shape index (κ2) is 4.68. The summed E-state index contributed by atoms with van der Waals surface area (Å²) in [6.45, 7) is 2.07. The lowest BCUT2D eigenvalue weighted by molar-refractivity contribution is 0.163. The zero-order valence-corrected chi connectivity index (χ0v) is 9.50. The van der Waals surface area contributed by atoms with E-state index >= 15 is 0 Å². The molecule has 2 aromatic rings. The van der Waals surface area contributed by atoms with Crippen LogP contribution in [0.15, 0.2) is 17.8 Å². The quantitative estimate of drug-likeness (QED) is 0.864. The molecule has 0 aromatic carbocycles. The number of thiophene rings is 1. The summed E-state index contributed by atoms with van der Waals surface area (Å²) in [6, 6.07) is 1.98. The predicted octanol–water partition coefficient (Wildman–Crippen LogP) is 2.39. The molecule has 0 bridgehead atoms. The van der Waals surface area contributed by atoms with Crippen LogP contribution in [0.4, 0.5) is 0 Å². The summed E-state index contributed by atoms with van der Waals surface area (Å²) in [4.78, 5) is 8.41. The van der Waals surface area contributed by atoms with Gasteiger partial charge in [0.1, 0.15) is 6.33 Å². The van der Waals surface area contributed by atoms with Crippen LogP contribution in [0.5, 0.6) is 0 Å². The van der Waals surface area contributed by atoms with Gasteiger partial charge in [0, 0.05) is 6.42 Å². The molecule has 1 unspecified atom stereocenters. The van der Waals surface area contributed by atoms with E-state index in [0.29, 0.717) is 6.42 Å². The van der Waals surface area contributed by atoms with Crippen LogP contribution in [-0.4, -0.2) is 21.2 Å². The van der Waals surface area contributed by atoms with Gasteiger partial charge in [-0.2, -0.15) is 0 Å². The molecule has 0 spiro atoms. The minimum Gasteiger partial charge on any atom is -0.393 e. The molecule has 0 aliphatic heterocycles. The van der Waals surface area contributed by atoms with E-state index in [2.05, 4.69) is 16.9 Å². The Kier molecular flexibility index (Phi) is 3.28. The van der Waals surface area contributed by atoms with Gasteiger partial charge in [0.15, 0.2) is 0 Å². The molecule has 0 fully saturated rings. The first-order valence-electron chi connectivity index (χ1n) is 5.16. The molecule has 1 atom stereocenters. The van der Waals surface area contributed by atoms with Gasteiger partial charge in [0.2, 0.25) is 0 Å². The van der Waals surface area contributed by atoms with Crippen LogP contribution in [0.2, 0.25) is 0 Å². The molecule has 0 saturated heterocycles. The van der Waals surface area contributed by atoms with E-state index in [1.54, 1.807) is 17.7 Å². The molecule has 3 nitrogen and oxygen atoms in total. The lowest BCUT2D eigenvalue weighted by atomic mass is 10.1. The fourth-order valence-electron chi connectivity index (χ4n) is 1.64. The Morgan fingerprint density at radius 1 is 1.47 bits per heavy atom. The molecule has 2 aromatic heterocycles. The van der Waals surface area contributed by atoms with Crippen LogP contribution >= 0.6 is 11.3 Å². The van der Waals surface area contributed by atoms with E-state index < -0.39 is 0 Å². The molecule has 4 heteroatoms. The first-order valence-corrected chi connectivity index (χ1v) is 6.04. The molecule has 0 saturated carbocycles. The summed E-state index contributed by atoms with van der Waals surface area (Å²) in [5, 5.41) is 11.8. The van der Waals surface area contributed by atoms with Gasteiger partial charge < -0.3 is 5.11 Å². The van der Waals surface area contributed by atoms with Gasteiger partial charge >= 0.3 is 0 Å². The first kappa shape index (κ1) is 10.5. The first-order chi connectivity index (χ1) is 7.31. The average molecular weight is 222 g/mol. The molecular weight excluding hydrogens is 208 g/mol. The molecule has 80 valence electrons. The highest BCUT2D eigenvalue weighted by molar-refractivity contribution is 7.17. The van der Waals surface area contributed by atoms with Gasteiger partial charge in [0.25, 0.3) is 0 Å². The maximum absolute atomic E-state index is 9.74. The van der Waals surface area contributed by atoms with Gasteiger partial charge in [-0.1, -0.05) is 13.3 Å². The minimum atomic E-state index is -0.282. The Hall–Kier alpha value is -1.000. The molecule has 2 heterocycles. The van der Waals surface area contributed by atoms with Crippen molar-refractivity contribution in [3.63, 3.8) is 0 Å². The highest BCUT2D eigenvalue weighted by atomic mass is 32.1. The summed E-state index contributed by atoms with van der Waals surface area (Å²) in [7, 11) is 0. The Bertz CT molecular complexity index is 441. The number of hydrogen-bond acceptors (Lipinski definition) is 4. The number of aliphatic hydroxyl groups is 1. The zero-order chi connectivity index (χ0) is 10.7. The summed E-state index contributed by atoms with van der Waals surface area (Å²) in [6.07, 6.45) is 3.75. The second-order valence-corrected chi connectivity index (χ2v) is 4.52. The fourth-order valence-corrected chi connectivity index (χ4v) is 2.49. The Morgan fingerprint density at radius 3 is 3.13 bits per heavy atom. The standard InChI is InChI=1S/C11H14N2OS/c1-2-3-8(14)6-10-11-9(4-5-15-11)12-7-13-10/h4-5,7-8,14H,2-3,6H2,1H3. The van der Waals surface area contributed by atoms with E-state index in [0.717, 1.165) is 28.8 Å². The van der Waals surface area contributed by atoms with Crippen molar-refractivity contribution in [1.29, 1.82) is 0 Å². The van der Waals surface area contributed by atoms with E-state index in [1.807, 2.05) is 11.4 Å². The van der Waals surface area contributed by atoms with E-state index in [9.17, 15) is 5.11 Å². The molecule has 1 N–H and O–H groups in total. The molecule has 0 radical (unpaired) electrons. The van der Waals surface area contributed by atoms with Crippen molar-refractivity contribution in [1.82, 2.24) is 9.97 Å². The molecule has 0 amide bonds. The van der Waals surface area contributed by atoms with Crippen LogP contribution < -0.4 is 0 Å². The monoisotopic (exact) mass is 222 g/mol. The third kappa shape index (κ3) is 2.33. The van der Waals surface area contributed by atoms with Crippen LogP contribution in [0.1, 0.15) is 25.5 Å². The van der Waals surface area contributed by atoms with Crippen molar-refractivity contribution in [2.75, 3.05) is 0 Å². The third-order valence-corrected chi connectivity index (χ3v) is 3.32. The highest BCUT2D eigenvalue weighted by Gasteiger charge is 2.10. The minimum absolute atomic E-state index is 0.282. The topological polar surface area (TPSA) is 46.0 Å². The Labute approximate surface area is 92.8 Å². The second-order valence-electron chi connectivity index (χ2n) is 3.60. The van der Waals surface area contributed by atoms with Crippen LogP contribution in [-0.2, 0) is 6.42 Å². The van der Waals surface area contributed by atoms with Gasteiger partial charge in [-0.3, -0.25) is 0 Å². The van der Waals surface area contributed by atoms with Gasteiger partial charge in [-0.15, -0.1) is 11.3 Å². The molecule has 0 aliphatic carbocycles. The molecular formula is C11H14N2OS. The van der Waals surface area contributed by atoms with E-state index in [1.165, 1.54) is 0 Å². The van der Waals surface area contributed by atoms with Crippen molar-refractivity contribution in [3.05, 3.63) is 23.5 Å². The maximum Gasteiger partial charge on any atom is 0.116 e. The van der Waals surface area contributed by atoms with Crippen molar-refractivity contribution in [3.8, 4) is 0 Å². The number of aromatic nitrogens is 2. The van der Waals surface area contributed by atoms with Crippen LogP contribution in [0.3, 0.4) is 0 Å². The number of fused-ring (bicyclic) bond motifs is 1. The van der Waals surface area contributed by atoms with Crippen molar-refractivity contribution in [2.24, 2.45) is 0 Å². The Morgan fingerprint density at radius 2 is 2.33 bits per heavy atom. The zero-order valence-electron chi connectivity index (χ0n) is 8.68. The number of nitrogens with zero attached hydrogens (tertiary/aromatic N) is 2. The number of hydrogen-bond donors (Lipinski definition) is 1. The highest BCUT2D eigenvalue weighted by Crippen LogP contribution is 2.22. The van der Waals surface area contributed by atoms with Crippen LogP contribution in [0.25, 0.3) is 10.2 Å². The summed E-state index contributed by atoms with van der Waals surface area (Å²) >= 11 is 1.64. The molecule has 0 aliphatic rings. The predicted molar refractivity (Wildman–Crippen MR) is 62.0 cm³/mol. The lowest BCUT2D eigenvalue weighted by Crippen LogP contribution is -2.11.